The molecule has 3 aromatic rings. The number of aromatic amines is 3. The molecule has 0 radical (unpaired) electrons. The summed E-state index contributed by atoms with van der Waals surface area (Å²) in [5, 5.41) is 23.2. The van der Waals surface area contributed by atoms with Gasteiger partial charge in [-0.2, -0.15) is 0 Å². The topological polar surface area (TPSA) is 345 Å². The van der Waals surface area contributed by atoms with Gasteiger partial charge in [-0.1, -0.05) is 36.7 Å². The summed E-state index contributed by atoms with van der Waals surface area (Å²) >= 11 is 15.5. The second-order valence-corrected chi connectivity index (χ2v) is 18.9. The molecule has 3 atom stereocenters. The Morgan fingerprint density at radius 2 is 0.827 bits per heavy atom. The van der Waals surface area contributed by atoms with Crippen molar-refractivity contribution < 1.29 is 57.4 Å². The predicted octanol–water partition coefficient (Wildman–Crippen LogP) is 2.34. The van der Waals surface area contributed by atoms with Gasteiger partial charge in [0, 0.05) is 38.2 Å². The van der Waals surface area contributed by atoms with E-state index in [1.807, 2.05) is 0 Å². The van der Waals surface area contributed by atoms with E-state index in [1.165, 1.54) is 0 Å². The average molecular weight is 1100 g/mol. The number of aromatic nitrogens is 3. The van der Waals surface area contributed by atoms with Gasteiger partial charge in [0.05, 0.1) is 36.9 Å². The van der Waals surface area contributed by atoms with Crippen LogP contribution < -0.4 is 47.9 Å². The number of unbranched alkanes of at least 4 members (excludes halogenated alkanes) is 3. The quantitative estimate of drug-likeness (QED) is 0.0259. The Morgan fingerprint density at radius 3 is 1.15 bits per heavy atom. The number of rotatable bonds is 30. The number of methoxy groups -OCH3 is 1. The van der Waals surface area contributed by atoms with Crippen LogP contribution in [0, 0.1) is 13.9 Å². The van der Waals surface area contributed by atoms with Crippen molar-refractivity contribution in [3.63, 3.8) is 0 Å². The number of carbonyl (C=O) groups excluding carboxylic acids is 10. The lowest BCUT2D eigenvalue weighted by atomic mass is 10.1. The number of hydrogen-bond acceptors (Lipinski definition) is 15. The summed E-state index contributed by atoms with van der Waals surface area (Å²) in [6.45, 7) is 3.79. The van der Waals surface area contributed by atoms with Crippen LogP contribution in [0.3, 0.4) is 0 Å². The van der Waals surface area contributed by atoms with Gasteiger partial charge in [-0.25, -0.2) is 4.79 Å². The lowest BCUT2D eigenvalue weighted by Crippen LogP contribution is -2.54. The fraction of sp³-hybridized carbons (Fsp3) is 0.479. The Bertz CT molecular complexity index is 2650. The van der Waals surface area contributed by atoms with Crippen molar-refractivity contribution in [1.82, 2.24) is 62.8 Å². The number of carbonyl (C=O) groups is 10. The molecular formula is C48H66N12O12S3. The molecular weight excluding hydrogens is 1030 g/mol. The molecule has 0 unspecified atom stereocenters. The predicted molar refractivity (Wildman–Crippen MR) is 281 cm³/mol. The minimum Gasteiger partial charge on any atom is -0.468 e. The Kier molecular flexibility index (Phi) is 27.0. The molecule has 9 amide bonds. The minimum absolute atomic E-state index is 0.00936. The average Bonchev–Trinajstić information content (AvgIpc) is 3.36. The Hall–Kier alpha value is -7.39. The molecule has 3 rings (SSSR count). The molecule has 0 fully saturated rings. The molecule has 0 bridgehead atoms. The number of H-pyrrole nitrogens is 3. The molecule has 27 heteroatoms. The molecule has 24 nitrogen and oxygen atoms in total. The van der Waals surface area contributed by atoms with Crippen molar-refractivity contribution in [3.8, 4) is 0 Å². The van der Waals surface area contributed by atoms with Gasteiger partial charge in [-0.15, -0.1) is 0 Å². The molecule has 0 spiro atoms. The van der Waals surface area contributed by atoms with E-state index in [9.17, 15) is 47.9 Å². The van der Waals surface area contributed by atoms with Gasteiger partial charge in [-0.3, -0.25) is 43.2 Å². The van der Waals surface area contributed by atoms with Crippen LogP contribution >= 0.6 is 36.7 Å². The largest absolute Gasteiger partial charge is 0.468 e. The molecule has 3 aromatic heterocycles. The second kappa shape index (κ2) is 32.7. The summed E-state index contributed by atoms with van der Waals surface area (Å²) in [6.07, 6.45) is 6.16. The van der Waals surface area contributed by atoms with E-state index in [1.54, 1.807) is 75.8 Å². The number of pyridine rings is 3. The van der Waals surface area contributed by atoms with Crippen molar-refractivity contribution in [1.29, 1.82) is 0 Å². The third-order valence-corrected chi connectivity index (χ3v) is 11.6. The van der Waals surface area contributed by atoms with E-state index < -0.39 is 96.8 Å². The fourth-order valence-corrected chi connectivity index (χ4v) is 7.48. The maximum atomic E-state index is 13.7. The first-order valence-corrected chi connectivity index (χ1v) is 25.3. The molecule has 75 heavy (non-hydrogen) atoms. The Labute approximate surface area is 448 Å². The monoisotopic (exact) mass is 1100 g/mol. The van der Waals surface area contributed by atoms with Gasteiger partial charge in [-0.05, 0) is 115 Å². The number of hydrogen-bond donors (Lipinski definition) is 12. The summed E-state index contributed by atoms with van der Waals surface area (Å²) < 4.78 is 10.7. The van der Waals surface area contributed by atoms with Crippen LogP contribution in [0.15, 0.2) is 55.0 Å². The molecule has 0 aliphatic heterocycles. The van der Waals surface area contributed by atoms with E-state index in [4.69, 9.17) is 41.4 Å². The zero-order valence-corrected chi connectivity index (χ0v) is 44.6. The van der Waals surface area contributed by atoms with E-state index in [0.29, 0.717) is 37.7 Å². The molecule has 3 heterocycles. The molecule has 408 valence electrons. The summed E-state index contributed by atoms with van der Waals surface area (Å²) in [4.78, 5) is 138. The molecule has 0 aliphatic rings. The van der Waals surface area contributed by atoms with Gasteiger partial charge >= 0.3 is 12.1 Å². The van der Waals surface area contributed by atoms with Crippen molar-refractivity contribution >= 4 is 96.0 Å². The van der Waals surface area contributed by atoms with Crippen LogP contribution in [-0.4, -0.2) is 144 Å². The van der Waals surface area contributed by atoms with Crippen LogP contribution in [0.5, 0.6) is 0 Å². The Morgan fingerprint density at radius 1 is 0.493 bits per heavy atom. The Balaban J connectivity index is 1.65. The van der Waals surface area contributed by atoms with Gasteiger partial charge in [0.25, 0.3) is 17.7 Å². The summed E-state index contributed by atoms with van der Waals surface area (Å²) in [7, 11) is 1.14. The molecule has 12 N–H and O–H groups in total. The summed E-state index contributed by atoms with van der Waals surface area (Å²) in [5.74, 6) is -5.78. The van der Waals surface area contributed by atoms with Crippen molar-refractivity contribution in [2.24, 2.45) is 0 Å². The maximum absolute atomic E-state index is 13.7. The first kappa shape index (κ1) is 61.9. The highest BCUT2D eigenvalue weighted by molar-refractivity contribution is 7.71. The third-order valence-electron chi connectivity index (χ3n) is 10.6. The number of amides is 9. The van der Waals surface area contributed by atoms with Crippen LogP contribution in [0.2, 0.25) is 0 Å². The number of ether oxygens (including phenoxy) is 2. The highest BCUT2D eigenvalue weighted by Gasteiger charge is 2.27. The highest BCUT2D eigenvalue weighted by Crippen LogP contribution is 2.10. The van der Waals surface area contributed by atoms with Gasteiger partial charge in [0.2, 0.25) is 29.5 Å². The smallest absolute Gasteiger partial charge is 0.408 e. The SMILES string of the molecule is COC(=O)CNC(=O)[C@H](CCCCNC(=O)c1ccc[nH]c1=S)NC(=O)CNC(=O)[C@H](CCCCNC(=O)c1ccc[nH]c1=S)NC(=O)CNC(=O)[C@H](CCCCNC(=O)c1ccc[nH]c1=S)NC(=O)OC(C)(C)C. The number of alkyl carbamates (subject to hydrolysis) is 1. The minimum atomic E-state index is -1.27. The van der Waals surface area contributed by atoms with Crippen LogP contribution in [0.1, 0.15) is 110 Å². The molecule has 0 saturated heterocycles. The molecule has 0 aliphatic carbocycles. The van der Waals surface area contributed by atoms with Crippen LogP contribution in [0.4, 0.5) is 4.79 Å². The fourth-order valence-electron chi connectivity index (χ4n) is 6.80. The van der Waals surface area contributed by atoms with Crippen molar-refractivity contribution in [3.05, 3.63) is 85.6 Å². The molecule has 0 aromatic carbocycles. The molecule has 0 saturated carbocycles. The highest BCUT2D eigenvalue weighted by atomic mass is 32.1. The summed E-state index contributed by atoms with van der Waals surface area (Å²) in [5.41, 5.74) is -0.0553. The van der Waals surface area contributed by atoms with E-state index >= 15 is 0 Å². The van der Waals surface area contributed by atoms with Crippen molar-refractivity contribution in [2.45, 2.75) is 102 Å². The van der Waals surface area contributed by atoms with Crippen LogP contribution in [0.25, 0.3) is 0 Å². The van der Waals surface area contributed by atoms with Gasteiger partial charge in [0.15, 0.2) is 0 Å². The van der Waals surface area contributed by atoms with E-state index in [-0.39, 0.29) is 76.3 Å². The third kappa shape index (κ3) is 24.0. The van der Waals surface area contributed by atoms with Crippen LogP contribution in [-0.2, 0) is 38.2 Å². The summed E-state index contributed by atoms with van der Waals surface area (Å²) in [6, 6.07) is 5.99. The zero-order valence-electron chi connectivity index (χ0n) is 42.2. The lowest BCUT2D eigenvalue weighted by molar-refractivity contribution is -0.141. The number of esters is 1. The second-order valence-electron chi connectivity index (χ2n) is 17.7. The van der Waals surface area contributed by atoms with Crippen molar-refractivity contribution in [2.75, 3.05) is 46.4 Å². The van der Waals surface area contributed by atoms with Gasteiger partial charge < -0.3 is 72.3 Å². The normalized spacial score (nSPS) is 12.0. The zero-order chi connectivity index (χ0) is 55.3. The maximum Gasteiger partial charge on any atom is 0.408 e. The first-order valence-electron chi connectivity index (χ1n) is 24.0. The van der Waals surface area contributed by atoms with E-state index in [0.717, 1.165) is 7.11 Å². The standard InChI is InChI=1S/C48H66N12O12S3/c1-48(2,3)72-47(70)60-34(19-7-10-22-51-40(66)31-16-13-25-54-46(31)75)43(69)56-27-36(62)58-32(17-5-8-20-49-38(64)29-14-11-23-52-44(29)73)41(67)55-26-35(61)59-33(42(68)57-28-37(63)71-4)18-6-9-21-50-39(65)30-15-12-24-53-45(30)74/h11-16,23-25,32-34H,5-10,17-22,26-28H2,1-4H3,(H,49,64)(H,50,65)(H,51,66)(H,52,73)(H,53,74)(H,54,75)(H,55,67)(H,56,69)(H,57,68)(H,58,62)(H,59,61)(H,60,70)/t32-,33-,34-/m0/s1. The lowest BCUT2D eigenvalue weighted by Gasteiger charge is -2.23. The van der Waals surface area contributed by atoms with E-state index in [2.05, 4.69) is 67.5 Å². The van der Waals surface area contributed by atoms with Gasteiger partial charge in [0.1, 0.15) is 44.2 Å². The first-order chi connectivity index (χ1) is 35.7. The number of nitrogens with one attached hydrogen (secondary N) is 12.